The summed E-state index contributed by atoms with van der Waals surface area (Å²) in [5, 5.41) is 11.0. The second kappa shape index (κ2) is 9.60. The number of amides is 1. The Kier molecular flexibility index (Phi) is 6.93. The van der Waals surface area contributed by atoms with Gasteiger partial charge < -0.3 is 9.15 Å². The van der Waals surface area contributed by atoms with Crippen LogP contribution in [0.2, 0.25) is 0 Å². The maximum absolute atomic E-state index is 12.1. The van der Waals surface area contributed by atoms with Crippen molar-refractivity contribution < 1.29 is 13.9 Å². The molecule has 1 N–H and O–H groups in total. The summed E-state index contributed by atoms with van der Waals surface area (Å²) in [4.78, 5) is 13.2. The Bertz CT molecular complexity index is 952. The molecule has 3 aromatic rings. The fourth-order valence-electron chi connectivity index (χ4n) is 2.62. The maximum Gasteiger partial charge on any atom is 0.322 e. The Balaban J connectivity index is 1.56. The van der Waals surface area contributed by atoms with Crippen LogP contribution < -0.4 is 10.1 Å². The molecule has 0 saturated carbocycles. The summed E-state index contributed by atoms with van der Waals surface area (Å²) in [6.45, 7) is 8.39. The van der Waals surface area contributed by atoms with Crippen LogP contribution in [0.3, 0.4) is 0 Å². The van der Waals surface area contributed by atoms with Gasteiger partial charge in [-0.05, 0) is 41.8 Å². The number of ether oxygens (including phenoxy) is 1. The van der Waals surface area contributed by atoms with E-state index in [2.05, 4.69) is 43.2 Å². The highest BCUT2D eigenvalue weighted by Crippen LogP contribution is 2.28. The first-order valence-electron chi connectivity index (χ1n) is 9.54. The summed E-state index contributed by atoms with van der Waals surface area (Å²) in [5.74, 6) is 1.08. The van der Waals surface area contributed by atoms with Gasteiger partial charge in [-0.25, -0.2) is 0 Å². The summed E-state index contributed by atoms with van der Waals surface area (Å²) in [5.41, 5.74) is 2.03. The van der Waals surface area contributed by atoms with E-state index >= 15 is 0 Å². The van der Waals surface area contributed by atoms with Crippen LogP contribution in [0.5, 0.6) is 5.75 Å². The number of carbonyl (C=O) groups is 1. The quantitative estimate of drug-likeness (QED) is 0.502. The van der Waals surface area contributed by atoms with E-state index in [1.165, 1.54) is 5.56 Å². The molecular weight excluding hydrogens is 386 g/mol. The molecular formula is C22H25N3O3S. The number of nitrogens with one attached hydrogen (secondary N) is 1. The van der Waals surface area contributed by atoms with Crippen molar-refractivity contribution >= 4 is 23.7 Å². The molecule has 29 heavy (non-hydrogen) atoms. The first-order valence-corrected chi connectivity index (χ1v) is 10.4. The lowest BCUT2D eigenvalue weighted by Crippen LogP contribution is -2.20. The van der Waals surface area contributed by atoms with Crippen LogP contribution in [0.1, 0.15) is 39.2 Å². The zero-order valence-electron chi connectivity index (χ0n) is 17.0. The molecule has 0 aliphatic carbocycles. The van der Waals surface area contributed by atoms with Crippen molar-refractivity contribution in [2.75, 3.05) is 11.9 Å². The largest absolute Gasteiger partial charge is 0.484 e. The molecule has 152 valence electrons. The van der Waals surface area contributed by atoms with Gasteiger partial charge in [0.1, 0.15) is 5.75 Å². The van der Waals surface area contributed by atoms with Gasteiger partial charge in [0.2, 0.25) is 5.89 Å². The molecule has 3 rings (SSSR count). The maximum atomic E-state index is 12.1. The van der Waals surface area contributed by atoms with Gasteiger partial charge in [0.05, 0.1) is 0 Å². The third-order valence-electron chi connectivity index (χ3n) is 4.04. The molecule has 6 nitrogen and oxygen atoms in total. The highest BCUT2D eigenvalue weighted by Gasteiger charge is 2.13. The van der Waals surface area contributed by atoms with Crippen LogP contribution in [0.4, 0.5) is 6.01 Å². The molecule has 0 saturated heterocycles. The first-order chi connectivity index (χ1) is 13.9. The summed E-state index contributed by atoms with van der Waals surface area (Å²) in [6.07, 6.45) is 0. The lowest BCUT2D eigenvalue weighted by Gasteiger charge is -2.08. The predicted molar refractivity (Wildman–Crippen MR) is 115 cm³/mol. The minimum absolute atomic E-state index is 0.0469. The van der Waals surface area contributed by atoms with Crippen molar-refractivity contribution in [3.63, 3.8) is 0 Å². The minimum atomic E-state index is -0.364. The summed E-state index contributed by atoms with van der Waals surface area (Å²) >= 11 is 1.76. The van der Waals surface area contributed by atoms with E-state index in [0.717, 1.165) is 10.5 Å². The third kappa shape index (κ3) is 6.09. The standard InChI is InChI=1S/C22H25N3O3S/c1-14(2)16-8-10-18(11-9-16)27-13-20(26)23-22-25-24-21(28-22)17-6-5-7-19(12-17)29-15(3)4/h5-12,14-15H,13H2,1-4H3,(H,23,25,26). The highest BCUT2D eigenvalue weighted by atomic mass is 32.2. The second-order valence-corrected chi connectivity index (χ2v) is 8.82. The Hall–Kier alpha value is -2.80. The van der Waals surface area contributed by atoms with Crippen molar-refractivity contribution in [2.24, 2.45) is 0 Å². The number of thioether (sulfide) groups is 1. The Morgan fingerprint density at radius 3 is 2.55 bits per heavy atom. The van der Waals surface area contributed by atoms with Crippen molar-refractivity contribution in [3.05, 3.63) is 54.1 Å². The Morgan fingerprint density at radius 1 is 1.10 bits per heavy atom. The van der Waals surface area contributed by atoms with Gasteiger partial charge in [-0.1, -0.05) is 51.0 Å². The van der Waals surface area contributed by atoms with Crippen molar-refractivity contribution in [1.82, 2.24) is 10.2 Å². The molecule has 1 amide bonds. The highest BCUT2D eigenvalue weighted by molar-refractivity contribution is 7.99. The predicted octanol–water partition coefficient (Wildman–Crippen LogP) is 5.38. The zero-order chi connectivity index (χ0) is 20.8. The topological polar surface area (TPSA) is 77.2 Å². The number of aromatic nitrogens is 2. The van der Waals surface area contributed by atoms with Gasteiger partial charge in [-0.3, -0.25) is 10.1 Å². The van der Waals surface area contributed by atoms with Gasteiger partial charge in [0.15, 0.2) is 6.61 Å². The number of hydrogen-bond acceptors (Lipinski definition) is 6. The van der Waals surface area contributed by atoms with E-state index in [4.69, 9.17) is 9.15 Å². The van der Waals surface area contributed by atoms with Crippen molar-refractivity contribution in [1.29, 1.82) is 0 Å². The SMILES string of the molecule is CC(C)Sc1cccc(-c2nnc(NC(=O)COc3ccc(C(C)C)cc3)o2)c1. The van der Waals surface area contributed by atoms with Crippen LogP contribution in [0, 0.1) is 0 Å². The van der Waals surface area contributed by atoms with E-state index in [0.29, 0.717) is 22.8 Å². The van der Waals surface area contributed by atoms with Crippen LogP contribution >= 0.6 is 11.8 Å². The Labute approximate surface area is 175 Å². The first kappa shape index (κ1) is 20.9. The average molecular weight is 412 g/mol. The van der Waals surface area contributed by atoms with Gasteiger partial charge in [-0.2, -0.15) is 0 Å². The van der Waals surface area contributed by atoms with E-state index in [9.17, 15) is 4.79 Å². The summed E-state index contributed by atoms with van der Waals surface area (Å²) in [7, 11) is 0. The average Bonchev–Trinajstić information content (AvgIpc) is 3.15. The molecule has 0 spiro atoms. The van der Waals surface area contributed by atoms with Crippen molar-refractivity contribution in [2.45, 2.75) is 43.8 Å². The van der Waals surface area contributed by atoms with Gasteiger partial charge in [0, 0.05) is 15.7 Å². The van der Waals surface area contributed by atoms with Crippen LogP contribution in [0.25, 0.3) is 11.5 Å². The molecule has 0 unspecified atom stereocenters. The normalized spacial score (nSPS) is 11.1. The molecule has 0 fully saturated rings. The van der Waals surface area contributed by atoms with Crippen LogP contribution in [-0.4, -0.2) is 28.0 Å². The van der Waals surface area contributed by atoms with Crippen LogP contribution in [-0.2, 0) is 4.79 Å². The summed E-state index contributed by atoms with van der Waals surface area (Å²) in [6, 6.07) is 15.6. The molecule has 1 aromatic heterocycles. The molecule has 0 atom stereocenters. The lowest BCUT2D eigenvalue weighted by molar-refractivity contribution is -0.118. The molecule has 0 aliphatic rings. The van der Waals surface area contributed by atoms with E-state index < -0.39 is 0 Å². The number of rotatable bonds is 8. The molecule has 0 bridgehead atoms. The summed E-state index contributed by atoms with van der Waals surface area (Å²) < 4.78 is 11.1. The monoisotopic (exact) mass is 411 g/mol. The van der Waals surface area contributed by atoms with E-state index in [1.807, 2.05) is 48.5 Å². The van der Waals surface area contributed by atoms with E-state index in [1.54, 1.807) is 11.8 Å². The van der Waals surface area contributed by atoms with Crippen molar-refractivity contribution in [3.8, 4) is 17.2 Å². The minimum Gasteiger partial charge on any atom is -0.484 e. The van der Waals surface area contributed by atoms with Gasteiger partial charge in [0.25, 0.3) is 5.91 Å². The zero-order valence-corrected chi connectivity index (χ0v) is 17.8. The molecule has 0 radical (unpaired) electrons. The Morgan fingerprint density at radius 2 is 1.86 bits per heavy atom. The van der Waals surface area contributed by atoms with Crippen LogP contribution in [0.15, 0.2) is 57.8 Å². The molecule has 1 heterocycles. The van der Waals surface area contributed by atoms with Gasteiger partial charge in [-0.15, -0.1) is 16.9 Å². The third-order valence-corrected chi connectivity index (χ3v) is 5.04. The molecule has 2 aromatic carbocycles. The molecule has 0 aliphatic heterocycles. The molecule has 7 heteroatoms. The lowest BCUT2D eigenvalue weighted by atomic mass is 10.0. The number of nitrogens with zero attached hydrogens (tertiary/aromatic N) is 2. The smallest absolute Gasteiger partial charge is 0.322 e. The van der Waals surface area contributed by atoms with Gasteiger partial charge >= 0.3 is 6.01 Å². The fraction of sp³-hybridized carbons (Fsp3) is 0.318. The number of hydrogen-bond donors (Lipinski definition) is 1. The number of anilines is 1. The number of carbonyl (C=O) groups excluding carboxylic acids is 1. The number of benzene rings is 2. The van der Waals surface area contributed by atoms with E-state index in [-0.39, 0.29) is 18.5 Å². The fourth-order valence-corrected chi connectivity index (χ4v) is 3.51. The second-order valence-electron chi connectivity index (χ2n) is 7.17.